The SMILES string of the molecule is CCNC(=NCC(=O)N(C)C)NCCc1ccccc1. The van der Waals surface area contributed by atoms with Crippen molar-refractivity contribution < 1.29 is 4.79 Å². The van der Waals surface area contributed by atoms with Crippen molar-refractivity contribution in [2.24, 2.45) is 4.99 Å². The van der Waals surface area contributed by atoms with E-state index < -0.39 is 0 Å². The zero-order chi connectivity index (χ0) is 14.8. The minimum Gasteiger partial charge on any atom is -0.357 e. The van der Waals surface area contributed by atoms with Crippen LogP contribution in [0.1, 0.15) is 12.5 Å². The second-order valence-corrected chi connectivity index (χ2v) is 4.65. The average molecular weight is 276 g/mol. The Bertz CT molecular complexity index is 429. The molecule has 0 saturated carbocycles. The zero-order valence-electron chi connectivity index (χ0n) is 12.5. The summed E-state index contributed by atoms with van der Waals surface area (Å²) in [5, 5.41) is 6.36. The number of benzene rings is 1. The molecule has 0 bridgehead atoms. The van der Waals surface area contributed by atoms with E-state index in [-0.39, 0.29) is 12.5 Å². The van der Waals surface area contributed by atoms with Crippen LogP contribution in [-0.4, -0.2) is 50.5 Å². The summed E-state index contributed by atoms with van der Waals surface area (Å²) < 4.78 is 0. The first-order valence-corrected chi connectivity index (χ1v) is 6.89. The van der Waals surface area contributed by atoms with Crippen LogP contribution in [0.15, 0.2) is 35.3 Å². The molecule has 20 heavy (non-hydrogen) atoms. The van der Waals surface area contributed by atoms with Crippen LogP contribution in [0.5, 0.6) is 0 Å². The molecule has 0 heterocycles. The highest BCUT2D eigenvalue weighted by atomic mass is 16.2. The van der Waals surface area contributed by atoms with Crippen molar-refractivity contribution in [1.82, 2.24) is 15.5 Å². The molecule has 0 radical (unpaired) electrons. The van der Waals surface area contributed by atoms with Gasteiger partial charge in [0.05, 0.1) is 0 Å². The lowest BCUT2D eigenvalue weighted by atomic mass is 10.1. The molecule has 0 fully saturated rings. The smallest absolute Gasteiger partial charge is 0.243 e. The largest absolute Gasteiger partial charge is 0.357 e. The van der Waals surface area contributed by atoms with E-state index in [0.29, 0.717) is 5.96 Å². The molecule has 0 aromatic heterocycles. The predicted molar refractivity (Wildman–Crippen MR) is 82.8 cm³/mol. The Morgan fingerprint density at radius 3 is 2.50 bits per heavy atom. The molecular formula is C15H24N4O. The van der Waals surface area contributed by atoms with Crippen molar-refractivity contribution in [1.29, 1.82) is 0 Å². The fraction of sp³-hybridized carbons (Fsp3) is 0.467. The van der Waals surface area contributed by atoms with Gasteiger partial charge in [0.2, 0.25) is 5.91 Å². The summed E-state index contributed by atoms with van der Waals surface area (Å²) in [5.41, 5.74) is 1.28. The summed E-state index contributed by atoms with van der Waals surface area (Å²) in [6.45, 7) is 3.72. The normalized spacial score (nSPS) is 11.1. The highest BCUT2D eigenvalue weighted by molar-refractivity contribution is 5.84. The summed E-state index contributed by atoms with van der Waals surface area (Å²) in [5.74, 6) is 0.670. The van der Waals surface area contributed by atoms with Crippen LogP contribution in [0.3, 0.4) is 0 Å². The molecule has 1 aromatic rings. The fourth-order valence-corrected chi connectivity index (χ4v) is 1.60. The van der Waals surface area contributed by atoms with Crippen molar-refractivity contribution in [3.05, 3.63) is 35.9 Å². The van der Waals surface area contributed by atoms with E-state index in [2.05, 4.69) is 27.8 Å². The van der Waals surface area contributed by atoms with Crippen molar-refractivity contribution >= 4 is 11.9 Å². The van der Waals surface area contributed by atoms with Gasteiger partial charge in [0, 0.05) is 27.2 Å². The van der Waals surface area contributed by atoms with Crippen LogP contribution in [0, 0.1) is 0 Å². The van der Waals surface area contributed by atoms with E-state index in [1.54, 1.807) is 14.1 Å². The summed E-state index contributed by atoms with van der Waals surface area (Å²) in [4.78, 5) is 17.3. The number of nitrogens with one attached hydrogen (secondary N) is 2. The minimum atomic E-state index is -0.00902. The van der Waals surface area contributed by atoms with Gasteiger partial charge in [-0.1, -0.05) is 30.3 Å². The molecule has 0 aliphatic rings. The van der Waals surface area contributed by atoms with Gasteiger partial charge in [-0.25, -0.2) is 4.99 Å². The Hall–Kier alpha value is -2.04. The lowest BCUT2D eigenvalue weighted by Gasteiger charge is -2.12. The lowest BCUT2D eigenvalue weighted by molar-refractivity contribution is -0.127. The highest BCUT2D eigenvalue weighted by Crippen LogP contribution is 1.97. The monoisotopic (exact) mass is 276 g/mol. The van der Waals surface area contributed by atoms with Crippen molar-refractivity contribution in [3.8, 4) is 0 Å². The number of amides is 1. The van der Waals surface area contributed by atoms with Gasteiger partial charge < -0.3 is 15.5 Å². The molecule has 0 atom stereocenters. The number of carbonyl (C=O) groups is 1. The Kier molecular flexibility index (Phi) is 7.17. The van der Waals surface area contributed by atoms with Gasteiger partial charge in [-0.15, -0.1) is 0 Å². The van der Waals surface area contributed by atoms with Gasteiger partial charge in [0.1, 0.15) is 6.54 Å². The van der Waals surface area contributed by atoms with E-state index in [9.17, 15) is 4.79 Å². The summed E-state index contributed by atoms with van der Waals surface area (Å²) in [6.07, 6.45) is 0.923. The number of hydrogen-bond acceptors (Lipinski definition) is 2. The fourth-order valence-electron chi connectivity index (χ4n) is 1.60. The summed E-state index contributed by atoms with van der Waals surface area (Å²) in [6, 6.07) is 10.3. The van der Waals surface area contributed by atoms with Gasteiger partial charge in [0.15, 0.2) is 5.96 Å². The van der Waals surface area contributed by atoms with Gasteiger partial charge in [-0.05, 0) is 18.9 Å². The average Bonchev–Trinajstić information content (AvgIpc) is 2.45. The number of aliphatic imine (C=N–C) groups is 1. The van der Waals surface area contributed by atoms with Crippen LogP contribution < -0.4 is 10.6 Å². The molecule has 0 aliphatic carbocycles. The molecule has 1 amide bonds. The van der Waals surface area contributed by atoms with Crippen molar-refractivity contribution in [2.45, 2.75) is 13.3 Å². The highest BCUT2D eigenvalue weighted by Gasteiger charge is 2.03. The number of rotatable bonds is 6. The predicted octanol–water partition coefficient (Wildman–Crippen LogP) is 0.872. The third-order valence-corrected chi connectivity index (χ3v) is 2.76. The maximum atomic E-state index is 11.5. The standard InChI is InChI=1S/C15H24N4O/c1-4-16-15(18-12-14(20)19(2)3)17-11-10-13-8-6-5-7-9-13/h5-9H,4,10-12H2,1-3H3,(H2,16,17,18). The molecule has 0 spiro atoms. The lowest BCUT2D eigenvalue weighted by Crippen LogP contribution is -2.39. The zero-order valence-corrected chi connectivity index (χ0v) is 12.5. The Morgan fingerprint density at radius 2 is 1.90 bits per heavy atom. The van der Waals surface area contributed by atoms with E-state index in [4.69, 9.17) is 0 Å². The van der Waals surface area contributed by atoms with Crippen molar-refractivity contribution in [2.75, 3.05) is 33.7 Å². The summed E-state index contributed by atoms with van der Waals surface area (Å²) in [7, 11) is 3.46. The second-order valence-electron chi connectivity index (χ2n) is 4.65. The Balaban J connectivity index is 2.42. The van der Waals surface area contributed by atoms with Gasteiger partial charge in [-0.2, -0.15) is 0 Å². The second kappa shape index (κ2) is 8.96. The third kappa shape index (κ3) is 6.22. The maximum Gasteiger partial charge on any atom is 0.243 e. The molecule has 0 aliphatic heterocycles. The van der Waals surface area contributed by atoms with Crippen LogP contribution in [0.2, 0.25) is 0 Å². The molecule has 5 nitrogen and oxygen atoms in total. The third-order valence-electron chi connectivity index (χ3n) is 2.76. The number of nitrogens with zero attached hydrogens (tertiary/aromatic N) is 2. The molecular weight excluding hydrogens is 252 g/mol. The first-order valence-electron chi connectivity index (χ1n) is 6.89. The van der Waals surface area contributed by atoms with Crippen LogP contribution in [-0.2, 0) is 11.2 Å². The Labute approximate surface area is 121 Å². The summed E-state index contributed by atoms with van der Waals surface area (Å²) >= 11 is 0. The van der Waals surface area contributed by atoms with E-state index in [1.807, 2.05) is 25.1 Å². The van der Waals surface area contributed by atoms with Crippen LogP contribution >= 0.6 is 0 Å². The first kappa shape index (κ1) is 16.0. The minimum absolute atomic E-state index is 0.00902. The molecule has 5 heteroatoms. The number of guanidine groups is 1. The molecule has 0 saturated heterocycles. The van der Waals surface area contributed by atoms with E-state index >= 15 is 0 Å². The molecule has 110 valence electrons. The van der Waals surface area contributed by atoms with Crippen molar-refractivity contribution in [3.63, 3.8) is 0 Å². The van der Waals surface area contributed by atoms with Crippen LogP contribution in [0.4, 0.5) is 0 Å². The molecule has 2 N–H and O–H groups in total. The molecule has 0 unspecified atom stereocenters. The quantitative estimate of drug-likeness (QED) is 0.599. The number of likely N-dealkylation sites (N-methyl/N-ethyl adjacent to an activating group) is 1. The maximum absolute atomic E-state index is 11.5. The first-order chi connectivity index (χ1) is 9.63. The Morgan fingerprint density at radius 1 is 1.20 bits per heavy atom. The van der Waals surface area contributed by atoms with E-state index in [0.717, 1.165) is 19.5 Å². The van der Waals surface area contributed by atoms with Gasteiger partial charge in [-0.3, -0.25) is 4.79 Å². The number of hydrogen-bond donors (Lipinski definition) is 2. The molecule has 1 rings (SSSR count). The number of carbonyl (C=O) groups excluding carboxylic acids is 1. The molecule has 1 aromatic carbocycles. The topological polar surface area (TPSA) is 56.7 Å². The van der Waals surface area contributed by atoms with E-state index in [1.165, 1.54) is 10.5 Å². The van der Waals surface area contributed by atoms with Gasteiger partial charge >= 0.3 is 0 Å². The van der Waals surface area contributed by atoms with Crippen LogP contribution in [0.25, 0.3) is 0 Å². The van der Waals surface area contributed by atoms with Gasteiger partial charge in [0.25, 0.3) is 0 Å².